The lowest BCUT2D eigenvalue weighted by Crippen LogP contribution is -2.47. The number of hydrogen-bond acceptors (Lipinski definition) is 3. The van der Waals surface area contributed by atoms with Gasteiger partial charge in [-0.3, -0.25) is 14.5 Å². The first-order valence-corrected chi connectivity index (χ1v) is 12.2. The van der Waals surface area contributed by atoms with Crippen LogP contribution in [0.5, 0.6) is 0 Å². The number of aryl methyl sites for hydroxylation is 1. The fraction of sp³-hybridized carbons (Fsp3) is 0.321. The fourth-order valence-corrected chi connectivity index (χ4v) is 4.79. The molecule has 0 spiro atoms. The monoisotopic (exact) mass is 475 g/mol. The van der Waals surface area contributed by atoms with E-state index in [1.807, 2.05) is 62.4 Å². The van der Waals surface area contributed by atoms with Gasteiger partial charge in [0, 0.05) is 23.5 Å². The number of carbonyl (C=O) groups is 2. The van der Waals surface area contributed by atoms with Gasteiger partial charge in [-0.1, -0.05) is 73.3 Å². The smallest absolute Gasteiger partial charge is 0.259 e. The number of rotatable bonds is 6. The Morgan fingerprint density at radius 1 is 1.00 bits per heavy atom. The molecule has 2 aromatic carbocycles. The number of hydrogen-bond donors (Lipinski definition) is 1. The predicted molar refractivity (Wildman–Crippen MR) is 136 cm³/mol. The molecule has 1 aromatic heterocycles. The van der Waals surface area contributed by atoms with Crippen molar-refractivity contribution in [1.29, 1.82) is 0 Å². The van der Waals surface area contributed by atoms with Crippen LogP contribution in [0.2, 0.25) is 5.15 Å². The van der Waals surface area contributed by atoms with Crippen molar-refractivity contribution in [3.8, 4) is 0 Å². The van der Waals surface area contributed by atoms with Gasteiger partial charge >= 0.3 is 0 Å². The third-order valence-corrected chi connectivity index (χ3v) is 6.81. The molecule has 3 aromatic rings. The van der Waals surface area contributed by atoms with Crippen LogP contribution in [0.15, 0.2) is 66.9 Å². The minimum Gasteiger partial charge on any atom is -0.351 e. The first-order chi connectivity index (χ1) is 16.5. The average Bonchev–Trinajstić information content (AvgIpc) is 2.85. The Morgan fingerprint density at radius 2 is 1.74 bits per heavy atom. The topological polar surface area (TPSA) is 62.3 Å². The molecule has 1 fully saturated rings. The first kappa shape index (κ1) is 24.0. The lowest BCUT2D eigenvalue weighted by Gasteiger charge is -2.34. The number of benzene rings is 2. The van der Waals surface area contributed by atoms with E-state index in [1.54, 1.807) is 17.0 Å². The van der Waals surface area contributed by atoms with E-state index in [9.17, 15) is 9.59 Å². The fourth-order valence-electron chi connectivity index (χ4n) is 4.62. The van der Waals surface area contributed by atoms with Gasteiger partial charge in [0.15, 0.2) is 0 Å². The molecule has 34 heavy (non-hydrogen) atoms. The van der Waals surface area contributed by atoms with Crippen LogP contribution in [-0.4, -0.2) is 22.8 Å². The Labute approximate surface area is 206 Å². The Hall–Kier alpha value is -3.18. The average molecular weight is 476 g/mol. The number of amides is 2. The highest BCUT2D eigenvalue weighted by atomic mass is 35.5. The number of aromatic nitrogens is 1. The second-order valence-corrected chi connectivity index (χ2v) is 9.31. The van der Waals surface area contributed by atoms with Crippen LogP contribution >= 0.6 is 11.6 Å². The van der Waals surface area contributed by atoms with Crippen molar-refractivity contribution in [2.45, 2.75) is 58.0 Å². The van der Waals surface area contributed by atoms with Crippen LogP contribution in [0.25, 0.3) is 0 Å². The van der Waals surface area contributed by atoms with E-state index in [0.717, 1.165) is 42.4 Å². The van der Waals surface area contributed by atoms with Crippen LogP contribution in [-0.2, 0) is 4.79 Å². The molecular weight excluding hydrogens is 446 g/mol. The lowest BCUT2D eigenvalue weighted by molar-refractivity contribution is -0.123. The van der Waals surface area contributed by atoms with Crippen molar-refractivity contribution in [3.05, 3.63) is 94.3 Å². The van der Waals surface area contributed by atoms with E-state index >= 15 is 0 Å². The van der Waals surface area contributed by atoms with E-state index < -0.39 is 6.04 Å². The molecule has 0 radical (unpaired) electrons. The van der Waals surface area contributed by atoms with Gasteiger partial charge in [0.1, 0.15) is 11.2 Å². The summed E-state index contributed by atoms with van der Waals surface area (Å²) in [6, 6.07) is 17.8. The molecule has 0 bridgehead atoms. The summed E-state index contributed by atoms with van der Waals surface area (Å²) in [6.07, 6.45) is 6.85. The highest BCUT2D eigenvalue weighted by Crippen LogP contribution is 2.34. The van der Waals surface area contributed by atoms with Crippen LogP contribution in [0.1, 0.15) is 65.2 Å². The Morgan fingerprint density at radius 3 is 2.44 bits per heavy atom. The first-order valence-electron chi connectivity index (χ1n) is 11.8. The minimum absolute atomic E-state index is 0.124. The molecule has 6 heteroatoms. The number of nitrogens with one attached hydrogen (secondary N) is 1. The number of carbonyl (C=O) groups excluding carboxylic acids is 2. The van der Waals surface area contributed by atoms with Crippen LogP contribution in [0, 0.1) is 13.8 Å². The molecule has 1 unspecified atom stereocenters. The van der Waals surface area contributed by atoms with E-state index in [-0.39, 0.29) is 23.0 Å². The Bertz CT molecular complexity index is 1160. The van der Waals surface area contributed by atoms with Gasteiger partial charge in [0.05, 0.1) is 0 Å². The van der Waals surface area contributed by atoms with Gasteiger partial charge < -0.3 is 5.32 Å². The predicted octanol–water partition coefficient (Wildman–Crippen LogP) is 6.19. The van der Waals surface area contributed by atoms with Gasteiger partial charge in [-0.05, 0) is 61.6 Å². The molecule has 1 saturated carbocycles. The van der Waals surface area contributed by atoms with E-state index in [0.29, 0.717) is 11.3 Å². The minimum atomic E-state index is -0.830. The zero-order valence-electron chi connectivity index (χ0n) is 19.6. The maximum absolute atomic E-state index is 14.0. The SMILES string of the molecule is Cc1cccc(N(C(=O)c2ccnc(Cl)c2)C(C(=O)NC2CCCCC2)c2ccccc2)c1C. The van der Waals surface area contributed by atoms with Crippen molar-refractivity contribution >= 4 is 29.1 Å². The third kappa shape index (κ3) is 5.31. The second kappa shape index (κ2) is 10.8. The Balaban J connectivity index is 1.84. The van der Waals surface area contributed by atoms with Gasteiger partial charge in [-0.25, -0.2) is 4.98 Å². The summed E-state index contributed by atoms with van der Waals surface area (Å²) in [7, 11) is 0. The molecule has 1 aliphatic rings. The molecule has 4 rings (SSSR count). The second-order valence-electron chi connectivity index (χ2n) is 8.92. The molecule has 5 nitrogen and oxygen atoms in total. The number of halogens is 1. The highest BCUT2D eigenvalue weighted by molar-refractivity contribution is 6.29. The molecule has 2 amide bonds. The highest BCUT2D eigenvalue weighted by Gasteiger charge is 2.35. The van der Waals surface area contributed by atoms with Crippen LogP contribution in [0.3, 0.4) is 0 Å². The normalized spacial score (nSPS) is 14.9. The molecular formula is C28H30ClN3O2. The summed E-state index contributed by atoms with van der Waals surface area (Å²) in [4.78, 5) is 33.5. The quantitative estimate of drug-likeness (QED) is 0.432. The molecule has 0 saturated heterocycles. The molecule has 1 heterocycles. The van der Waals surface area contributed by atoms with Crippen LogP contribution < -0.4 is 10.2 Å². The summed E-state index contributed by atoms with van der Waals surface area (Å²) in [5, 5.41) is 3.48. The standard InChI is InChI=1S/C28H30ClN3O2/c1-19-10-9-15-24(20(19)2)32(28(34)22-16-17-30-25(29)18-22)26(21-11-5-3-6-12-21)27(33)31-23-13-7-4-8-14-23/h3,5-6,9-12,15-18,23,26H,4,7-8,13-14H2,1-2H3,(H,31,33). The van der Waals surface area contributed by atoms with E-state index in [2.05, 4.69) is 10.3 Å². The van der Waals surface area contributed by atoms with E-state index in [1.165, 1.54) is 12.6 Å². The maximum atomic E-state index is 14.0. The number of anilines is 1. The molecule has 176 valence electrons. The third-order valence-electron chi connectivity index (χ3n) is 6.60. The summed E-state index contributed by atoms with van der Waals surface area (Å²) in [6.45, 7) is 3.98. The van der Waals surface area contributed by atoms with Crippen molar-refractivity contribution in [2.24, 2.45) is 0 Å². The molecule has 0 aliphatic heterocycles. The summed E-state index contributed by atoms with van der Waals surface area (Å²) >= 11 is 6.12. The molecule has 1 atom stereocenters. The molecule has 1 aliphatic carbocycles. The zero-order valence-corrected chi connectivity index (χ0v) is 20.4. The van der Waals surface area contributed by atoms with Crippen molar-refractivity contribution in [3.63, 3.8) is 0 Å². The zero-order chi connectivity index (χ0) is 24.1. The maximum Gasteiger partial charge on any atom is 0.259 e. The van der Waals surface area contributed by atoms with Crippen molar-refractivity contribution in [2.75, 3.05) is 4.90 Å². The summed E-state index contributed by atoms with van der Waals surface area (Å²) in [5.74, 6) is -0.474. The van der Waals surface area contributed by atoms with Crippen LogP contribution in [0.4, 0.5) is 5.69 Å². The Kier molecular flexibility index (Phi) is 7.63. The van der Waals surface area contributed by atoms with Gasteiger partial charge in [-0.2, -0.15) is 0 Å². The summed E-state index contributed by atoms with van der Waals surface area (Å²) < 4.78 is 0. The molecule has 1 N–H and O–H groups in total. The van der Waals surface area contributed by atoms with Gasteiger partial charge in [0.25, 0.3) is 5.91 Å². The van der Waals surface area contributed by atoms with Crippen molar-refractivity contribution in [1.82, 2.24) is 10.3 Å². The van der Waals surface area contributed by atoms with Gasteiger partial charge in [0.2, 0.25) is 5.91 Å². The number of pyridine rings is 1. The van der Waals surface area contributed by atoms with E-state index in [4.69, 9.17) is 11.6 Å². The largest absolute Gasteiger partial charge is 0.351 e. The number of nitrogens with zero attached hydrogens (tertiary/aromatic N) is 2. The summed E-state index contributed by atoms with van der Waals surface area (Å²) in [5.41, 5.74) is 3.83. The lowest BCUT2D eigenvalue weighted by atomic mass is 9.94. The van der Waals surface area contributed by atoms with Crippen molar-refractivity contribution < 1.29 is 9.59 Å². The van der Waals surface area contributed by atoms with Gasteiger partial charge in [-0.15, -0.1) is 0 Å².